The summed E-state index contributed by atoms with van der Waals surface area (Å²) >= 11 is 0. The lowest BCUT2D eigenvalue weighted by Crippen LogP contribution is -2.29. The van der Waals surface area contributed by atoms with Crippen molar-refractivity contribution in [3.63, 3.8) is 0 Å². The maximum atomic E-state index is 13.1. The molecule has 0 amide bonds. The van der Waals surface area contributed by atoms with Gasteiger partial charge in [0, 0.05) is 13.6 Å². The summed E-state index contributed by atoms with van der Waals surface area (Å²) in [5.74, 6) is -1.94. The summed E-state index contributed by atoms with van der Waals surface area (Å²) in [6.45, 7) is -0.211. The monoisotopic (exact) mass is 286 g/mol. The summed E-state index contributed by atoms with van der Waals surface area (Å²) in [6.07, 6.45) is -0.345. The van der Waals surface area contributed by atoms with Gasteiger partial charge in [-0.3, -0.25) is 4.79 Å². The zero-order valence-corrected chi connectivity index (χ0v) is 10.8. The summed E-state index contributed by atoms with van der Waals surface area (Å²) in [5.41, 5.74) is -0.382. The Bertz CT molecular complexity index is 637. The van der Waals surface area contributed by atoms with E-state index in [2.05, 4.69) is 0 Å². The number of sulfonamides is 1. The van der Waals surface area contributed by atoms with Crippen LogP contribution in [0.1, 0.15) is 12.0 Å². The standard InChI is InChI=1S/C11H11FN2O4S/c1-14(5-4-11(15)16)19(17,18)9-2-3-10(12)8(6-9)7-13/h2-3,6H,4-5H2,1H3,(H,15,16). The topological polar surface area (TPSA) is 98.5 Å². The first-order valence-corrected chi connectivity index (χ1v) is 6.61. The number of aliphatic carboxylic acids is 1. The van der Waals surface area contributed by atoms with Crippen LogP contribution in [0, 0.1) is 17.1 Å². The van der Waals surface area contributed by atoms with Crippen molar-refractivity contribution in [2.75, 3.05) is 13.6 Å². The summed E-state index contributed by atoms with van der Waals surface area (Å²) in [6, 6.07) is 4.38. The molecular weight excluding hydrogens is 275 g/mol. The van der Waals surface area contributed by atoms with Crippen LogP contribution in [0.5, 0.6) is 0 Å². The Balaban J connectivity index is 3.07. The number of benzene rings is 1. The van der Waals surface area contributed by atoms with Gasteiger partial charge in [-0.15, -0.1) is 0 Å². The van der Waals surface area contributed by atoms with Crippen LogP contribution in [-0.2, 0) is 14.8 Å². The molecule has 0 heterocycles. The lowest BCUT2D eigenvalue weighted by molar-refractivity contribution is -0.137. The van der Waals surface area contributed by atoms with Gasteiger partial charge in [0.1, 0.15) is 11.9 Å². The van der Waals surface area contributed by atoms with Crippen LogP contribution < -0.4 is 0 Å². The lowest BCUT2D eigenvalue weighted by Gasteiger charge is -2.16. The molecule has 1 aromatic carbocycles. The molecule has 0 unspecified atom stereocenters. The highest BCUT2D eigenvalue weighted by molar-refractivity contribution is 7.89. The van der Waals surface area contributed by atoms with Crippen LogP contribution >= 0.6 is 0 Å². The van der Waals surface area contributed by atoms with E-state index < -0.39 is 21.8 Å². The number of hydrogen-bond acceptors (Lipinski definition) is 4. The molecule has 0 aliphatic carbocycles. The predicted octanol–water partition coefficient (Wildman–Crippen LogP) is 0.793. The van der Waals surface area contributed by atoms with Crippen LogP contribution in [0.2, 0.25) is 0 Å². The molecule has 0 fully saturated rings. The third-order valence-electron chi connectivity index (χ3n) is 2.41. The number of nitrogens with zero attached hydrogens (tertiary/aromatic N) is 2. The van der Waals surface area contributed by atoms with E-state index in [1.807, 2.05) is 0 Å². The Morgan fingerprint density at radius 2 is 2.16 bits per heavy atom. The summed E-state index contributed by atoms with van der Waals surface area (Å²) in [4.78, 5) is 10.1. The molecule has 0 atom stereocenters. The molecule has 6 nitrogen and oxygen atoms in total. The smallest absolute Gasteiger partial charge is 0.304 e. The highest BCUT2D eigenvalue weighted by atomic mass is 32.2. The van der Waals surface area contributed by atoms with Crippen molar-refractivity contribution in [3.8, 4) is 6.07 Å². The van der Waals surface area contributed by atoms with Crippen molar-refractivity contribution in [2.45, 2.75) is 11.3 Å². The molecule has 19 heavy (non-hydrogen) atoms. The van der Waals surface area contributed by atoms with Gasteiger partial charge in [-0.25, -0.2) is 17.1 Å². The molecule has 8 heteroatoms. The molecule has 0 spiro atoms. The second kappa shape index (κ2) is 5.77. The van der Waals surface area contributed by atoms with E-state index in [-0.39, 0.29) is 23.4 Å². The average Bonchev–Trinajstić information content (AvgIpc) is 2.35. The second-order valence-electron chi connectivity index (χ2n) is 3.72. The molecule has 0 radical (unpaired) electrons. The maximum absolute atomic E-state index is 13.1. The van der Waals surface area contributed by atoms with Gasteiger partial charge in [0.05, 0.1) is 16.9 Å². The van der Waals surface area contributed by atoms with Gasteiger partial charge >= 0.3 is 5.97 Å². The summed E-state index contributed by atoms with van der Waals surface area (Å²) < 4.78 is 38.0. The van der Waals surface area contributed by atoms with E-state index in [1.165, 1.54) is 7.05 Å². The van der Waals surface area contributed by atoms with E-state index in [9.17, 15) is 17.6 Å². The lowest BCUT2D eigenvalue weighted by atomic mass is 10.2. The minimum absolute atomic E-state index is 0.211. The Morgan fingerprint density at radius 3 is 2.68 bits per heavy atom. The van der Waals surface area contributed by atoms with Gasteiger partial charge in [0.2, 0.25) is 10.0 Å². The minimum Gasteiger partial charge on any atom is -0.481 e. The number of nitriles is 1. The number of rotatable bonds is 5. The third-order valence-corrected chi connectivity index (χ3v) is 4.26. The third kappa shape index (κ3) is 3.49. The SMILES string of the molecule is CN(CCC(=O)O)S(=O)(=O)c1ccc(F)c(C#N)c1. The minimum atomic E-state index is -3.93. The van der Waals surface area contributed by atoms with E-state index in [0.717, 1.165) is 22.5 Å². The fourth-order valence-corrected chi connectivity index (χ4v) is 2.50. The predicted molar refractivity (Wildman–Crippen MR) is 63.2 cm³/mol. The van der Waals surface area contributed by atoms with Gasteiger partial charge in [0.25, 0.3) is 0 Å². The van der Waals surface area contributed by atoms with Crippen molar-refractivity contribution in [1.29, 1.82) is 5.26 Å². The van der Waals surface area contributed by atoms with Crippen LogP contribution in [0.15, 0.2) is 23.1 Å². The number of carbonyl (C=O) groups is 1. The highest BCUT2D eigenvalue weighted by Crippen LogP contribution is 2.18. The Kier molecular flexibility index (Phi) is 4.58. The van der Waals surface area contributed by atoms with Crippen molar-refractivity contribution >= 4 is 16.0 Å². The largest absolute Gasteiger partial charge is 0.481 e. The van der Waals surface area contributed by atoms with Crippen molar-refractivity contribution < 1.29 is 22.7 Å². The first kappa shape index (κ1) is 15.1. The fourth-order valence-electron chi connectivity index (χ4n) is 1.30. The molecule has 1 aromatic rings. The molecule has 1 N–H and O–H groups in total. The van der Waals surface area contributed by atoms with Crippen LogP contribution in [0.25, 0.3) is 0 Å². The Labute approximate surface area is 109 Å². The average molecular weight is 286 g/mol. The zero-order chi connectivity index (χ0) is 14.6. The molecule has 0 saturated heterocycles. The highest BCUT2D eigenvalue weighted by Gasteiger charge is 2.22. The molecule has 102 valence electrons. The van der Waals surface area contributed by atoms with E-state index in [1.54, 1.807) is 6.07 Å². The van der Waals surface area contributed by atoms with Crippen molar-refractivity contribution in [2.24, 2.45) is 0 Å². The van der Waals surface area contributed by atoms with Gasteiger partial charge in [-0.1, -0.05) is 0 Å². The number of hydrogen-bond donors (Lipinski definition) is 1. The van der Waals surface area contributed by atoms with Crippen molar-refractivity contribution in [1.82, 2.24) is 4.31 Å². The molecule has 0 aliphatic rings. The van der Waals surface area contributed by atoms with Crippen LogP contribution in [-0.4, -0.2) is 37.4 Å². The van der Waals surface area contributed by atoms with Gasteiger partial charge in [0.15, 0.2) is 0 Å². The number of carboxylic acids is 1. The van der Waals surface area contributed by atoms with Crippen LogP contribution in [0.3, 0.4) is 0 Å². The molecular formula is C11H11FN2O4S. The van der Waals surface area contributed by atoms with E-state index in [0.29, 0.717) is 0 Å². The Hall–Kier alpha value is -1.98. The first-order valence-electron chi connectivity index (χ1n) is 5.17. The normalized spacial score (nSPS) is 11.3. The number of carboxylic acid groups (broad SMARTS) is 1. The van der Waals surface area contributed by atoms with Crippen LogP contribution in [0.4, 0.5) is 4.39 Å². The first-order chi connectivity index (χ1) is 8.78. The van der Waals surface area contributed by atoms with E-state index >= 15 is 0 Å². The molecule has 1 rings (SSSR count). The summed E-state index contributed by atoms with van der Waals surface area (Å²) in [7, 11) is -2.72. The zero-order valence-electron chi connectivity index (χ0n) is 10.00. The quantitative estimate of drug-likeness (QED) is 0.863. The molecule has 0 aromatic heterocycles. The fraction of sp³-hybridized carbons (Fsp3) is 0.273. The van der Waals surface area contributed by atoms with Gasteiger partial charge in [-0.05, 0) is 18.2 Å². The Morgan fingerprint density at radius 1 is 1.53 bits per heavy atom. The summed E-state index contributed by atoms with van der Waals surface area (Å²) in [5, 5.41) is 17.2. The maximum Gasteiger partial charge on any atom is 0.304 e. The second-order valence-corrected chi connectivity index (χ2v) is 5.77. The van der Waals surface area contributed by atoms with E-state index in [4.69, 9.17) is 10.4 Å². The van der Waals surface area contributed by atoms with Gasteiger partial charge in [-0.2, -0.15) is 5.26 Å². The molecule has 0 bridgehead atoms. The van der Waals surface area contributed by atoms with Crippen molar-refractivity contribution in [3.05, 3.63) is 29.6 Å². The molecule has 0 saturated carbocycles. The number of halogens is 1. The van der Waals surface area contributed by atoms with Gasteiger partial charge < -0.3 is 5.11 Å². The molecule has 0 aliphatic heterocycles.